The summed E-state index contributed by atoms with van der Waals surface area (Å²) in [5, 5.41) is 7.04. The van der Waals surface area contributed by atoms with E-state index in [9.17, 15) is 31.9 Å². The predicted molar refractivity (Wildman–Crippen MR) is 161 cm³/mol. The third kappa shape index (κ3) is 6.45. The fourth-order valence-electron chi connectivity index (χ4n) is 4.97. The number of anilines is 3. The summed E-state index contributed by atoms with van der Waals surface area (Å²) in [6.07, 6.45) is -2.47. The highest BCUT2D eigenvalue weighted by atomic mass is 19.4. The van der Waals surface area contributed by atoms with Gasteiger partial charge in [0.1, 0.15) is 11.5 Å². The number of halogens is 4. The first-order valence-corrected chi connectivity index (χ1v) is 13.6. The number of aromatic amines is 1. The molecule has 0 aliphatic rings. The van der Waals surface area contributed by atoms with Gasteiger partial charge in [-0.1, -0.05) is 18.2 Å². The van der Waals surface area contributed by atoms with Gasteiger partial charge in [0.15, 0.2) is 5.78 Å². The van der Waals surface area contributed by atoms with Crippen LogP contribution >= 0.6 is 0 Å². The highest BCUT2D eigenvalue weighted by Crippen LogP contribution is 2.34. The van der Waals surface area contributed by atoms with E-state index >= 15 is 0 Å². The zero-order chi connectivity index (χ0) is 31.6. The van der Waals surface area contributed by atoms with Gasteiger partial charge in [-0.05, 0) is 75.6 Å². The van der Waals surface area contributed by atoms with Crippen LogP contribution < -0.4 is 16.2 Å². The van der Waals surface area contributed by atoms with Crippen LogP contribution in [0.15, 0.2) is 77.7 Å². The highest BCUT2D eigenvalue weighted by molar-refractivity contribution is 6.17. The maximum atomic E-state index is 13.4. The fourth-order valence-corrected chi connectivity index (χ4v) is 4.97. The topological polar surface area (TPSA) is 107 Å². The third-order valence-corrected chi connectivity index (χ3v) is 7.01. The number of benzene rings is 3. The Morgan fingerprint density at radius 2 is 1.66 bits per heavy atom. The van der Waals surface area contributed by atoms with Crippen molar-refractivity contribution >= 4 is 50.6 Å². The minimum atomic E-state index is -4.91. The SMILES string of the molecule is CN(C)CCCC(=O)c1cccc2c1c(=O)[nH]c1nccc(Nc3ccc(NC(=O)c4ccc(F)cc4C(F)(F)F)cc3)c12. The van der Waals surface area contributed by atoms with Crippen molar-refractivity contribution < 1.29 is 27.2 Å². The first-order chi connectivity index (χ1) is 20.9. The number of nitrogens with zero attached hydrogens (tertiary/aromatic N) is 2. The lowest BCUT2D eigenvalue weighted by molar-refractivity contribution is -0.138. The zero-order valence-corrected chi connectivity index (χ0v) is 23.7. The first-order valence-electron chi connectivity index (χ1n) is 13.6. The van der Waals surface area contributed by atoms with Gasteiger partial charge >= 0.3 is 6.18 Å². The van der Waals surface area contributed by atoms with E-state index in [1.165, 1.54) is 18.3 Å². The van der Waals surface area contributed by atoms with Gasteiger partial charge in [0.05, 0.1) is 22.2 Å². The number of Topliss-reactive ketones (excluding diaryl/α,β-unsaturated/α-hetero) is 1. The van der Waals surface area contributed by atoms with Crippen molar-refractivity contribution in [3.05, 3.63) is 106 Å². The van der Waals surface area contributed by atoms with Gasteiger partial charge in [0.25, 0.3) is 11.5 Å². The number of carbonyl (C=O) groups is 2. The Morgan fingerprint density at radius 1 is 0.932 bits per heavy atom. The van der Waals surface area contributed by atoms with Gasteiger partial charge in [0, 0.05) is 40.3 Å². The maximum Gasteiger partial charge on any atom is 0.417 e. The lowest BCUT2D eigenvalue weighted by atomic mass is 9.98. The molecule has 5 rings (SSSR count). The standard InChI is InChI=1S/C32H27F4N5O3/c1-41(2)16-4-7-26(42)22-5-3-6-23-27(22)31(44)40-29-28(23)25(14-15-37-29)38-19-9-11-20(12-10-19)39-30(43)21-13-8-18(33)17-24(21)32(34,35)36/h3,5-6,8-15,17H,4,7,16H2,1-2H3,(H,39,43)(H2,37,38,40,44). The van der Waals surface area contributed by atoms with E-state index in [4.69, 9.17) is 0 Å². The molecule has 1 amide bonds. The van der Waals surface area contributed by atoms with Crippen molar-refractivity contribution in [2.24, 2.45) is 0 Å². The van der Waals surface area contributed by atoms with E-state index in [1.807, 2.05) is 19.0 Å². The minimum Gasteiger partial charge on any atom is -0.355 e. The fraction of sp³-hybridized carbons (Fsp3) is 0.188. The predicted octanol–water partition coefficient (Wildman–Crippen LogP) is 6.75. The lowest BCUT2D eigenvalue weighted by Gasteiger charge is -2.14. The lowest BCUT2D eigenvalue weighted by Crippen LogP contribution is -2.19. The number of amides is 1. The average molecular weight is 606 g/mol. The maximum absolute atomic E-state index is 13.4. The van der Waals surface area contributed by atoms with Crippen molar-refractivity contribution in [2.45, 2.75) is 19.0 Å². The molecule has 0 atom stereocenters. The van der Waals surface area contributed by atoms with E-state index in [0.29, 0.717) is 39.8 Å². The number of aromatic nitrogens is 2. The van der Waals surface area contributed by atoms with Crippen molar-refractivity contribution in [2.75, 3.05) is 31.3 Å². The molecule has 2 aromatic heterocycles. The van der Waals surface area contributed by atoms with Crippen LogP contribution in [0.5, 0.6) is 0 Å². The van der Waals surface area contributed by atoms with Crippen molar-refractivity contribution in [1.82, 2.24) is 14.9 Å². The van der Waals surface area contributed by atoms with Crippen LogP contribution in [0.3, 0.4) is 0 Å². The van der Waals surface area contributed by atoms with Gasteiger partial charge in [0.2, 0.25) is 0 Å². The van der Waals surface area contributed by atoms with Gasteiger partial charge in [-0.15, -0.1) is 0 Å². The molecule has 0 aliphatic heterocycles. The molecule has 0 fully saturated rings. The summed E-state index contributed by atoms with van der Waals surface area (Å²) < 4.78 is 53.5. The summed E-state index contributed by atoms with van der Waals surface area (Å²) in [4.78, 5) is 47.9. The van der Waals surface area contributed by atoms with Crippen LogP contribution in [-0.2, 0) is 6.18 Å². The molecule has 8 nitrogen and oxygen atoms in total. The number of fused-ring (bicyclic) bond motifs is 3. The van der Waals surface area contributed by atoms with Gasteiger partial charge in [-0.25, -0.2) is 9.37 Å². The zero-order valence-electron chi connectivity index (χ0n) is 23.7. The monoisotopic (exact) mass is 605 g/mol. The van der Waals surface area contributed by atoms with Crippen LogP contribution in [0.1, 0.15) is 39.1 Å². The molecule has 0 bridgehead atoms. The molecule has 2 heterocycles. The summed E-state index contributed by atoms with van der Waals surface area (Å²) >= 11 is 0. The Morgan fingerprint density at radius 3 is 2.36 bits per heavy atom. The summed E-state index contributed by atoms with van der Waals surface area (Å²) in [5.41, 5.74) is -0.520. The Labute approximate surface area is 248 Å². The molecule has 0 aliphatic carbocycles. The number of rotatable bonds is 9. The van der Waals surface area contributed by atoms with E-state index in [-0.39, 0.29) is 29.3 Å². The van der Waals surface area contributed by atoms with Crippen LogP contribution in [0.4, 0.5) is 34.6 Å². The number of H-pyrrole nitrogens is 1. The summed E-state index contributed by atoms with van der Waals surface area (Å²) in [6.45, 7) is 0.733. The molecular weight excluding hydrogens is 578 g/mol. The Balaban J connectivity index is 1.43. The smallest absolute Gasteiger partial charge is 0.355 e. The second-order valence-electron chi connectivity index (χ2n) is 10.4. The van der Waals surface area contributed by atoms with Gasteiger partial charge in [-0.3, -0.25) is 14.4 Å². The largest absolute Gasteiger partial charge is 0.417 e. The molecule has 0 saturated heterocycles. The minimum absolute atomic E-state index is 0.138. The number of alkyl halides is 3. The quantitative estimate of drug-likeness (QED) is 0.0975. The normalized spacial score (nSPS) is 11.7. The Bertz CT molecular complexity index is 1940. The summed E-state index contributed by atoms with van der Waals surface area (Å²) in [5.74, 6) is -2.28. The van der Waals surface area contributed by atoms with Crippen molar-refractivity contribution in [3.8, 4) is 0 Å². The molecule has 5 aromatic rings. The van der Waals surface area contributed by atoms with Crippen molar-refractivity contribution in [3.63, 3.8) is 0 Å². The molecule has 12 heteroatoms. The van der Waals surface area contributed by atoms with E-state index < -0.39 is 34.6 Å². The summed E-state index contributed by atoms with van der Waals surface area (Å²) in [6, 6.07) is 14.9. The number of hydrogen-bond donors (Lipinski definition) is 3. The van der Waals surface area contributed by atoms with Crippen LogP contribution in [0.2, 0.25) is 0 Å². The molecule has 3 aromatic carbocycles. The molecule has 0 saturated carbocycles. The second kappa shape index (κ2) is 12.3. The van der Waals surface area contributed by atoms with Crippen LogP contribution in [0, 0.1) is 5.82 Å². The van der Waals surface area contributed by atoms with Gasteiger partial charge in [-0.2, -0.15) is 13.2 Å². The number of nitrogens with one attached hydrogen (secondary N) is 3. The molecule has 44 heavy (non-hydrogen) atoms. The molecule has 226 valence electrons. The Hall–Kier alpha value is -5.10. The second-order valence-corrected chi connectivity index (χ2v) is 10.4. The number of hydrogen-bond acceptors (Lipinski definition) is 6. The number of pyridine rings is 2. The molecule has 3 N–H and O–H groups in total. The van der Waals surface area contributed by atoms with E-state index in [0.717, 1.165) is 18.7 Å². The average Bonchev–Trinajstić information content (AvgIpc) is 2.97. The van der Waals surface area contributed by atoms with Crippen LogP contribution in [0.25, 0.3) is 21.8 Å². The van der Waals surface area contributed by atoms with E-state index in [2.05, 4.69) is 20.6 Å². The highest BCUT2D eigenvalue weighted by Gasteiger charge is 2.35. The number of carbonyl (C=O) groups excluding carboxylic acids is 2. The Kier molecular flexibility index (Phi) is 8.45. The molecular formula is C32H27F4N5O3. The third-order valence-electron chi connectivity index (χ3n) is 7.01. The molecule has 0 unspecified atom stereocenters. The molecule has 0 spiro atoms. The van der Waals surface area contributed by atoms with E-state index in [1.54, 1.807) is 36.4 Å². The molecule has 0 radical (unpaired) electrons. The summed E-state index contributed by atoms with van der Waals surface area (Å²) in [7, 11) is 3.84. The van der Waals surface area contributed by atoms with Crippen LogP contribution in [-0.4, -0.2) is 47.2 Å². The van der Waals surface area contributed by atoms with Gasteiger partial charge < -0.3 is 20.5 Å². The number of ketones is 1. The first kappa shape index (κ1) is 30.4. The van der Waals surface area contributed by atoms with Crippen molar-refractivity contribution in [1.29, 1.82) is 0 Å².